The summed E-state index contributed by atoms with van der Waals surface area (Å²) in [5, 5.41) is 13.3. The van der Waals surface area contributed by atoms with Gasteiger partial charge in [-0.15, -0.1) is 0 Å². The first-order chi connectivity index (χ1) is 12.6. The summed E-state index contributed by atoms with van der Waals surface area (Å²) < 4.78 is 0. The maximum absolute atomic E-state index is 9.69. The van der Waals surface area contributed by atoms with Crippen molar-refractivity contribution in [3.05, 3.63) is 78.0 Å². The van der Waals surface area contributed by atoms with Crippen molar-refractivity contribution in [2.75, 3.05) is 0 Å². The molecule has 1 heterocycles. The molecule has 130 valence electrons. The third-order valence-corrected chi connectivity index (χ3v) is 4.95. The molecule has 0 spiro atoms. The minimum atomic E-state index is 0.0187. The van der Waals surface area contributed by atoms with Crippen LogP contribution in [0.4, 0.5) is 0 Å². The predicted molar refractivity (Wildman–Crippen MR) is 106 cm³/mol. The molecule has 3 heteroatoms. The third kappa shape index (κ3) is 3.01. The van der Waals surface area contributed by atoms with E-state index in [0.717, 1.165) is 52.2 Å². The largest absolute Gasteiger partial charge is 0.411 e. The van der Waals surface area contributed by atoms with Gasteiger partial charge >= 0.3 is 0 Å². The molecule has 3 nitrogen and oxygen atoms in total. The molecule has 1 aromatic heterocycles. The van der Waals surface area contributed by atoms with Gasteiger partial charge in [-0.3, -0.25) is 4.98 Å². The first kappa shape index (κ1) is 16.5. The SMILES string of the molecule is CC1(C)C/C(=N\O)c2c(-c3ccccc3)cc(-c3ccccc3)nc2C1. The molecule has 2 aromatic carbocycles. The highest BCUT2D eigenvalue weighted by molar-refractivity contribution is 6.08. The highest BCUT2D eigenvalue weighted by Crippen LogP contribution is 2.40. The molecule has 1 aliphatic carbocycles. The van der Waals surface area contributed by atoms with Gasteiger partial charge in [0, 0.05) is 11.1 Å². The first-order valence-electron chi connectivity index (χ1n) is 8.93. The Labute approximate surface area is 154 Å². The lowest BCUT2D eigenvalue weighted by Crippen LogP contribution is -2.29. The second-order valence-electron chi connectivity index (χ2n) is 7.67. The minimum Gasteiger partial charge on any atom is -0.411 e. The van der Waals surface area contributed by atoms with Crippen LogP contribution < -0.4 is 0 Å². The van der Waals surface area contributed by atoms with Crippen LogP contribution in [0.15, 0.2) is 71.9 Å². The van der Waals surface area contributed by atoms with Crippen molar-refractivity contribution in [1.29, 1.82) is 0 Å². The summed E-state index contributed by atoms with van der Waals surface area (Å²) >= 11 is 0. The molecule has 0 saturated carbocycles. The molecule has 0 aliphatic heterocycles. The van der Waals surface area contributed by atoms with Gasteiger partial charge in [-0.25, -0.2) is 0 Å². The zero-order valence-corrected chi connectivity index (χ0v) is 15.1. The number of oxime groups is 1. The van der Waals surface area contributed by atoms with Crippen molar-refractivity contribution in [2.24, 2.45) is 10.6 Å². The van der Waals surface area contributed by atoms with Crippen molar-refractivity contribution in [3.63, 3.8) is 0 Å². The number of aromatic nitrogens is 1. The Hall–Kier alpha value is -2.94. The Morgan fingerprint density at radius 1 is 0.885 bits per heavy atom. The molecule has 0 saturated heterocycles. The average molecular weight is 342 g/mol. The lowest BCUT2D eigenvalue weighted by molar-refractivity contribution is 0.306. The number of nitrogens with zero attached hydrogens (tertiary/aromatic N) is 2. The van der Waals surface area contributed by atoms with Crippen molar-refractivity contribution >= 4 is 5.71 Å². The number of fused-ring (bicyclic) bond motifs is 1. The summed E-state index contributed by atoms with van der Waals surface area (Å²) in [6.07, 6.45) is 1.60. The van der Waals surface area contributed by atoms with Crippen LogP contribution in [-0.2, 0) is 6.42 Å². The van der Waals surface area contributed by atoms with Crippen LogP contribution in [0.5, 0.6) is 0 Å². The number of hydrogen-bond donors (Lipinski definition) is 1. The van der Waals surface area contributed by atoms with E-state index in [1.807, 2.05) is 36.4 Å². The molecule has 0 atom stereocenters. The fourth-order valence-corrected chi connectivity index (χ4v) is 3.79. The van der Waals surface area contributed by atoms with E-state index < -0.39 is 0 Å². The van der Waals surface area contributed by atoms with Crippen LogP contribution in [0, 0.1) is 5.41 Å². The Kier molecular flexibility index (Phi) is 4.08. The molecule has 0 amide bonds. The van der Waals surface area contributed by atoms with E-state index in [4.69, 9.17) is 4.98 Å². The number of rotatable bonds is 2. The van der Waals surface area contributed by atoms with Crippen LogP contribution in [-0.4, -0.2) is 15.9 Å². The standard InChI is InChI=1S/C23H22N2O/c1-23(2)14-20-22(21(15-23)25-26)18(16-9-5-3-6-10-16)13-19(24-20)17-11-7-4-8-12-17/h3-13,26H,14-15H2,1-2H3/b25-21+. The number of pyridine rings is 1. The van der Waals surface area contributed by atoms with E-state index in [1.54, 1.807) is 0 Å². The predicted octanol–water partition coefficient (Wildman–Crippen LogP) is 5.57. The molecule has 0 fully saturated rings. The molecule has 1 aliphatic rings. The molecule has 0 radical (unpaired) electrons. The topological polar surface area (TPSA) is 45.5 Å². The lowest BCUT2D eigenvalue weighted by Gasteiger charge is -2.32. The zero-order chi connectivity index (χ0) is 18.1. The van der Waals surface area contributed by atoms with Crippen LogP contribution in [0.2, 0.25) is 0 Å². The fraction of sp³-hybridized carbons (Fsp3) is 0.217. The summed E-state index contributed by atoms with van der Waals surface area (Å²) in [5.41, 5.74) is 6.98. The van der Waals surface area contributed by atoms with Gasteiger partial charge in [-0.1, -0.05) is 79.7 Å². The zero-order valence-electron chi connectivity index (χ0n) is 15.1. The summed E-state index contributed by atoms with van der Waals surface area (Å²) in [4.78, 5) is 4.97. The lowest BCUT2D eigenvalue weighted by atomic mass is 9.73. The summed E-state index contributed by atoms with van der Waals surface area (Å²) in [7, 11) is 0. The van der Waals surface area contributed by atoms with E-state index in [1.165, 1.54) is 0 Å². The van der Waals surface area contributed by atoms with E-state index in [0.29, 0.717) is 0 Å². The second kappa shape index (κ2) is 6.41. The summed E-state index contributed by atoms with van der Waals surface area (Å²) in [6, 6.07) is 22.6. The number of hydrogen-bond acceptors (Lipinski definition) is 3. The van der Waals surface area contributed by atoms with Crippen molar-refractivity contribution in [2.45, 2.75) is 26.7 Å². The van der Waals surface area contributed by atoms with Gasteiger partial charge in [0.05, 0.1) is 17.1 Å². The van der Waals surface area contributed by atoms with Gasteiger partial charge in [0.1, 0.15) is 0 Å². The molecule has 1 N–H and O–H groups in total. The van der Waals surface area contributed by atoms with Crippen LogP contribution in [0.3, 0.4) is 0 Å². The van der Waals surface area contributed by atoms with Gasteiger partial charge in [-0.05, 0) is 35.4 Å². The van der Waals surface area contributed by atoms with Crippen LogP contribution >= 0.6 is 0 Å². The third-order valence-electron chi connectivity index (χ3n) is 4.95. The first-order valence-corrected chi connectivity index (χ1v) is 8.93. The molecule has 4 rings (SSSR count). The maximum Gasteiger partial charge on any atom is 0.0897 e. The highest BCUT2D eigenvalue weighted by atomic mass is 16.4. The van der Waals surface area contributed by atoms with Crippen molar-refractivity contribution in [1.82, 2.24) is 4.98 Å². The Morgan fingerprint density at radius 3 is 2.12 bits per heavy atom. The van der Waals surface area contributed by atoms with E-state index in [2.05, 4.69) is 49.3 Å². The monoisotopic (exact) mass is 342 g/mol. The van der Waals surface area contributed by atoms with E-state index in [9.17, 15) is 5.21 Å². The van der Waals surface area contributed by atoms with E-state index in [-0.39, 0.29) is 5.41 Å². The Balaban J connectivity index is 2.00. The average Bonchev–Trinajstić information content (AvgIpc) is 2.67. The minimum absolute atomic E-state index is 0.0187. The van der Waals surface area contributed by atoms with Crippen molar-refractivity contribution < 1.29 is 5.21 Å². The fourth-order valence-electron chi connectivity index (χ4n) is 3.79. The van der Waals surface area contributed by atoms with Gasteiger partial charge < -0.3 is 5.21 Å². The highest BCUT2D eigenvalue weighted by Gasteiger charge is 2.33. The molecular formula is C23H22N2O. The molecule has 26 heavy (non-hydrogen) atoms. The maximum atomic E-state index is 9.69. The normalized spacial score (nSPS) is 17.1. The van der Waals surface area contributed by atoms with E-state index >= 15 is 0 Å². The van der Waals surface area contributed by atoms with Gasteiger partial charge in [-0.2, -0.15) is 0 Å². The molecule has 0 unspecified atom stereocenters. The van der Waals surface area contributed by atoms with Gasteiger partial charge in [0.2, 0.25) is 0 Å². The Morgan fingerprint density at radius 2 is 1.50 bits per heavy atom. The molecular weight excluding hydrogens is 320 g/mol. The Bertz CT molecular complexity index is 960. The second-order valence-corrected chi connectivity index (χ2v) is 7.67. The molecule has 3 aromatic rings. The summed E-state index contributed by atoms with van der Waals surface area (Å²) in [5.74, 6) is 0. The van der Waals surface area contributed by atoms with Gasteiger partial charge in [0.15, 0.2) is 0 Å². The quantitative estimate of drug-likeness (QED) is 0.489. The van der Waals surface area contributed by atoms with Crippen LogP contribution in [0.1, 0.15) is 31.5 Å². The summed E-state index contributed by atoms with van der Waals surface area (Å²) in [6.45, 7) is 4.39. The smallest absolute Gasteiger partial charge is 0.0897 e. The molecule has 0 bridgehead atoms. The van der Waals surface area contributed by atoms with Crippen LogP contribution in [0.25, 0.3) is 22.4 Å². The van der Waals surface area contributed by atoms with Gasteiger partial charge in [0.25, 0.3) is 0 Å². The van der Waals surface area contributed by atoms with Crippen molar-refractivity contribution in [3.8, 4) is 22.4 Å². The number of benzene rings is 2.